The lowest BCUT2D eigenvalue weighted by Gasteiger charge is -2.53. The Hall–Kier alpha value is 1.05. The van der Waals surface area contributed by atoms with Crippen molar-refractivity contribution >= 4 is 49.2 Å². The normalized spacial score (nSPS) is 27.6. The van der Waals surface area contributed by atoms with Crippen LogP contribution in [0.1, 0.15) is 12.8 Å². The largest absolute Gasteiger partial charge is 0.294 e. The molecule has 2 fully saturated rings. The smallest absolute Gasteiger partial charge is 0.206 e. The third-order valence-corrected chi connectivity index (χ3v) is 4.54. The minimum Gasteiger partial charge on any atom is -0.294 e. The van der Waals surface area contributed by atoms with E-state index in [9.17, 15) is 4.79 Å². The molecular weight excluding hydrogens is 406 g/mol. The van der Waals surface area contributed by atoms with E-state index >= 15 is 0 Å². The summed E-state index contributed by atoms with van der Waals surface area (Å²) in [5.74, 6) is 0. The quantitative estimate of drug-likeness (QED) is 0.386. The second-order valence-corrected chi connectivity index (χ2v) is 6.98. The lowest BCUT2D eigenvalue weighted by molar-refractivity contribution is -0.114. The monoisotopic (exact) mass is 420 g/mol. The first-order chi connectivity index (χ1) is 6.60. The Morgan fingerprint density at radius 1 is 1.29 bits per heavy atom. The molecule has 0 radical (unpaired) electrons. The number of halogens is 2. The van der Waals surface area contributed by atoms with Crippen LogP contribution in [0.15, 0.2) is 0 Å². The zero-order chi connectivity index (χ0) is 10.2. The Labute approximate surface area is 112 Å². The summed E-state index contributed by atoms with van der Waals surface area (Å²) >= 11 is 4.29. The van der Waals surface area contributed by atoms with Crippen molar-refractivity contribution in [1.29, 1.82) is 0 Å². The highest BCUT2D eigenvalue weighted by molar-refractivity contribution is 14.1. The van der Waals surface area contributed by atoms with Gasteiger partial charge in [0.05, 0.1) is 6.54 Å². The Morgan fingerprint density at radius 2 is 1.86 bits per heavy atom. The van der Waals surface area contributed by atoms with Crippen LogP contribution in [0.3, 0.4) is 0 Å². The van der Waals surface area contributed by atoms with E-state index in [0.29, 0.717) is 12.0 Å². The second-order valence-electron chi connectivity index (χ2n) is 4.41. The van der Waals surface area contributed by atoms with Crippen LogP contribution in [0.25, 0.3) is 0 Å². The number of piperidine rings is 1. The standard InChI is InChI=1S/C9H14I2N2O/c10-8(14)5-12-6-9(7-12)1-3-13(11)4-2-9/h1-7H2. The summed E-state index contributed by atoms with van der Waals surface area (Å²) in [5, 5.41) is 0. The lowest BCUT2D eigenvalue weighted by atomic mass is 9.72. The molecule has 0 unspecified atom stereocenters. The number of rotatable bonds is 2. The number of likely N-dealkylation sites (tertiary alicyclic amines) is 1. The summed E-state index contributed by atoms with van der Waals surface area (Å²) < 4.78 is 2.64. The molecule has 0 aromatic carbocycles. The van der Waals surface area contributed by atoms with Gasteiger partial charge in [-0.15, -0.1) is 0 Å². The predicted molar refractivity (Wildman–Crippen MR) is 72.7 cm³/mol. The zero-order valence-corrected chi connectivity index (χ0v) is 12.3. The Morgan fingerprint density at radius 3 is 2.36 bits per heavy atom. The van der Waals surface area contributed by atoms with E-state index in [-0.39, 0.29) is 3.79 Å². The van der Waals surface area contributed by atoms with Crippen molar-refractivity contribution < 1.29 is 4.79 Å². The summed E-state index contributed by atoms with van der Waals surface area (Å²) in [4.78, 5) is 13.2. The maximum Gasteiger partial charge on any atom is 0.206 e. The molecule has 2 aliphatic rings. The van der Waals surface area contributed by atoms with Crippen LogP contribution in [0.5, 0.6) is 0 Å². The molecule has 0 saturated carbocycles. The second kappa shape index (κ2) is 4.50. The van der Waals surface area contributed by atoms with Gasteiger partial charge in [-0.2, -0.15) is 0 Å². The Balaban J connectivity index is 1.78. The first-order valence-corrected chi connectivity index (χ1v) is 6.95. The molecule has 2 rings (SSSR count). The fraction of sp³-hybridized carbons (Fsp3) is 0.889. The molecule has 1 spiro atoms. The van der Waals surface area contributed by atoms with E-state index in [1.807, 2.05) is 22.6 Å². The molecule has 0 amide bonds. The molecule has 14 heavy (non-hydrogen) atoms. The number of carbonyl (C=O) groups is 1. The predicted octanol–water partition coefficient (Wildman–Crippen LogP) is 1.70. The van der Waals surface area contributed by atoms with Crippen molar-refractivity contribution in [3.63, 3.8) is 0 Å². The van der Waals surface area contributed by atoms with Gasteiger partial charge in [0.25, 0.3) is 0 Å². The van der Waals surface area contributed by atoms with Gasteiger partial charge in [-0.05, 0) is 18.3 Å². The Kier molecular flexibility index (Phi) is 3.71. The molecule has 3 nitrogen and oxygen atoms in total. The van der Waals surface area contributed by atoms with Crippen LogP contribution in [-0.2, 0) is 4.79 Å². The minimum atomic E-state index is 0.267. The van der Waals surface area contributed by atoms with Gasteiger partial charge in [-0.3, -0.25) is 9.69 Å². The highest BCUT2D eigenvalue weighted by Crippen LogP contribution is 2.40. The third kappa shape index (κ3) is 2.59. The van der Waals surface area contributed by atoms with Gasteiger partial charge in [0.2, 0.25) is 3.79 Å². The first kappa shape index (κ1) is 11.5. The fourth-order valence-electron chi connectivity index (χ4n) is 2.46. The van der Waals surface area contributed by atoms with Crippen molar-refractivity contribution in [1.82, 2.24) is 8.01 Å². The van der Waals surface area contributed by atoms with Gasteiger partial charge >= 0.3 is 0 Å². The van der Waals surface area contributed by atoms with Gasteiger partial charge in [-0.1, -0.05) is 0 Å². The van der Waals surface area contributed by atoms with Crippen molar-refractivity contribution in [3.8, 4) is 0 Å². The number of hydrogen-bond donors (Lipinski definition) is 0. The molecule has 2 aliphatic heterocycles. The first-order valence-electron chi connectivity index (χ1n) is 4.91. The lowest BCUT2D eigenvalue weighted by Crippen LogP contribution is -2.60. The van der Waals surface area contributed by atoms with Crippen molar-refractivity contribution in [2.24, 2.45) is 5.41 Å². The van der Waals surface area contributed by atoms with Gasteiger partial charge in [0.15, 0.2) is 0 Å². The number of carbonyl (C=O) groups excluding carboxylic acids is 1. The highest BCUT2D eigenvalue weighted by atomic mass is 127. The van der Waals surface area contributed by atoms with E-state index in [4.69, 9.17) is 0 Å². The summed E-state index contributed by atoms with van der Waals surface area (Å²) in [6.45, 7) is 5.37. The average molecular weight is 420 g/mol. The topological polar surface area (TPSA) is 23.6 Å². The van der Waals surface area contributed by atoms with E-state index in [0.717, 1.165) is 13.1 Å². The maximum absolute atomic E-state index is 10.9. The van der Waals surface area contributed by atoms with E-state index < -0.39 is 0 Å². The van der Waals surface area contributed by atoms with E-state index in [1.165, 1.54) is 25.9 Å². The van der Waals surface area contributed by atoms with E-state index in [2.05, 4.69) is 30.9 Å². The van der Waals surface area contributed by atoms with Gasteiger partial charge in [0.1, 0.15) is 0 Å². The molecule has 80 valence electrons. The van der Waals surface area contributed by atoms with Crippen molar-refractivity contribution in [2.45, 2.75) is 12.8 Å². The summed E-state index contributed by atoms with van der Waals surface area (Å²) in [6.07, 6.45) is 2.61. The fourth-order valence-corrected chi connectivity index (χ4v) is 3.42. The minimum absolute atomic E-state index is 0.267. The molecule has 0 bridgehead atoms. The van der Waals surface area contributed by atoms with Crippen molar-refractivity contribution in [2.75, 3.05) is 32.7 Å². The van der Waals surface area contributed by atoms with Crippen LogP contribution in [0.2, 0.25) is 0 Å². The molecule has 0 aliphatic carbocycles. The number of hydrogen-bond acceptors (Lipinski definition) is 3. The molecule has 2 heterocycles. The maximum atomic E-state index is 10.9. The summed E-state index contributed by atoms with van der Waals surface area (Å²) in [6, 6.07) is 0. The highest BCUT2D eigenvalue weighted by Gasteiger charge is 2.44. The SMILES string of the molecule is O=C(I)CN1CC2(CCN(I)CC2)C1. The molecule has 0 atom stereocenters. The molecule has 0 aromatic heterocycles. The molecule has 2 saturated heterocycles. The van der Waals surface area contributed by atoms with Crippen LogP contribution in [0, 0.1) is 5.41 Å². The van der Waals surface area contributed by atoms with Crippen LogP contribution < -0.4 is 0 Å². The molecule has 0 aromatic rings. The third-order valence-electron chi connectivity index (χ3n) is 3.24. The summed E-state index contributed by atoms with van der Waals surface area (Å²) in [5.41, 5.74) is 0.563. The molecule has 5 heteroatoms. The van der Waals surface area contributed by atoms with Crippen LogP contribution in [0.4, 0.5) is 0 Å². The van der Waals surface area contributed by atoms with Crippen LogP contribution in [-0.4, -0.2) is 44.5 Å². The average Bonchev–Trinajstić information content (AvgIpc) is 2.05. The van der Waals surface area contributed by atoms with Gasteiger partial charge in [0, 0.05) is 71.6 Å². The van der Waals surface area contributed by atoms with Gasteiger partial charge in [-0.25, -0.2) is 3.11 Å². The summed E-state index contributed by atoms with van der Waals surface area (Å²) in [7, 11) is 0. The molecular formula is C9H14I2N2O. The molecule has 0 N–H and O–H groups in total. The number of nitrogens with zero attached hydrogens (tertiary/aromatic N) is 2. The van der Waals surface area contributed by atoms with Crippen molar-refractivity contribution in [3.05, 3.63) is 0 Å². The van der Waals surface area contributed by atoms with E-state index in [1.54, 1.807) is 0 Å². The zero-order valence-electron chi connectivity index (χ0n) is 8.01. The Bertz CT molecular complexity index is 231. The van der Waals surface area contributed by atoms with Gasteiger partial charge < -0.3 is 0 Å². The van der Waals surface area contributed by atoms with Crippen LogP contribution >= 0.6 is 45.5 Å².